The highest BCUT2D eigenvalue weighted by Crippen LogP contribution is 2.32. The Hall–Kier alpha value is -2.96. The van der Waals surface area contributed by atoms with Gasteiger partial charge in [0.25, 0.3) is 0 Å². The van der Waals surface area contributed by atoms with E-state index in [-0.39, 0.29) is 0 Å². The lowest BCUT2D eigenvalue weighted by molar-refractivity contribution is 0.174. The third kappa shape index (κ3) is 4.47. The second-order valence-corrected chi connectivity index (χ2v) is 7.01. The maximum absolute atomic E-state index is 5.43. The molecule has 0 aliphatic carbocycles. The molecule has 2 aliphatic rings. The molecule has 7 nitrogen and oxygen atoms in total. The molecule has 0 atom stereocenters. The largest absolute Gasteiger partial charge is 0.454 e. The highest BCUT2D eigenvalue weighted by molar-refractivity contribution is 5.79. The Morgan fingerprint density at radius 3 is 2.68 bits per heavy atom. The van der Waals surface area contributed by atoms with Gasteiger partial charge in [-0.05, 0) is 48.6 Å². The Morgan fingerprint density at radius 2 is 1.89 bits per heavy atom. The number of ether oxygens (including phenoxy) is 2. The Labute approximate surface area is 165 Å². The van der Waals surface area contributed by atoms with Crippen LogP contribution in [0, 0.1) is 0 Å². The number of nitrogens with zero attached hydrogens (tertiary/aromatic N) is 3. The molecule has 1 fully saturated rings. The van der Waals surface area contributed by atoms with Gasteiger partial charge in [0, 0.05) is 39.4 Å². The summed E-state index contributed by atoms with van der Waals surface area (Å²) in [6, 6.07) is 10.3. The number of guanidine groups is 1. The molecule has 0 radical (unpaired) electrons. The number of nitrogens with one attached hydrogen (secondary N) is 2. The maximum Gasteiger partial charge on any atom is 0.231 e. The SMILES string of the molecule is CN=C(NCCc1ccc2c(c1)OCO2)NCc1ccc(N2CCCC2)nc1. The zero-order chi connectivity index (χ0) is 19.2. The first-order valence-corrected chi connectivity index (χ1v) is 9.85. The molecule has 0 amide bonds. The summed E-state index contributed by atoms with van der Waals surface area (Å²) in [6.45, 7) is 4.01. The van der Waals surface area contributed by atoms with E-state index in [0.29, 0.717) is 13.3 Å². The number of pyridine rings is 1. The second-order valence-electron chi connectivity index (χ2n) is 7.01. The number of fused-ring (bicyclic) bond motifs is 1. The Balaban J connectivity index is 1.22. The second kappa shape index (κ2) is 8.82. The van der Waals surface area contributed by atoms with Gasteiger partial charge in [-0.1, -0.05) is 12.1 Å². The smallest absolute Gasteiger partial charge is 0.231 e. The molecule has 4 rings (SSSR count). The standard InChI is InChI=1S/C21H27N5O2/c1-22-21(23-9-8-16-4-6-18-19(12-16)28-15-27-18)25-14-17-5-7-20(24-13-17)26-10-2-3-11-26/h4-7,12-13H,2-3,8-11,14-15H2,1H3,(H2,22,23,25). The van der Waals surface area contributed by atoms with Gasteiger partial charge < -0.3 is 25.0 Å². The van der Waals surface area contributed by atoms with E-state index >= 15 is 0 Å². The lowest BCUT2D eigenvalue weighted by Crippen LogP contribution is -2.37. The number of hydrogen-bond donors (Lipinski definition) is 2. The molecule has 3 heterocycles. The maximum atomic E-state index is 5.43. The van der Waals surface area contributed by atoms with Crippen LogP contribution in [0.15, 0.2) is 41.5 Å². The van der Waals surface area contributed by atoms with Crippen molar-refractivity contribution in [2.24, 2.45) is 4.99 Å². The first-order chi connectivity index (χ1) is 13.8. The molecule has 2 N–H and O–H groups in total. The van der Waals surface area contributed by atoms with Crippen molar-refractivity contribution in [3.05, 3.63) is 47.7 Å². The van der Waals surface area contributed by atoms with Crippen molar-refractivity contribution in [2.45, 2.75) is 25.8 Å². The number of rotatable bonds is 6. The van der Waals surface area contributed by atoms with E-state index in [4.69, 9.17) is 9.47 Å². The van der Waals surface area contributed by atoms with Crippen LogP contribution in [0.3, 0.4) is 0 Å². The number of aliphatic imine (C=N–C) groups is 1. The lowest BCUT2D eigenvalue weighted by Gasteiger charge is -2.16. The van der Waals surface area contributed by atoms with E-state index in [0.717, 1.165) is 54.9 Å². The van der Waals surface area contributed by atoms with Crippen molar-refractivity contribution in [1.82, 2.24) is 15.6 Å². The van der Waals surface area contributed by atoms with E-state index in [1.165, 1.54) is 18.4 Å². The average Bonchev–Trinajstić information content (AvgIpc) is 3.42. The molecule has 148 valence electrons. The molecule has 0 bridgehead atoms. The van der Waals surface area contributed by atoms with Crippen molar-refractivity contribution < 1.29 is 9.47 Å². The zero-order valence-electron chi connectivity index (χ0n) is 16.3. The predicted molar refractivity (Wildman–Crippen MR) is 110 cm³/mol. The molecular formula is C21H27N5O2. The van der Waals surface area contributed by atoms with Gasteiger partial charge in [-0.25, -0.2) is 4.98 Å². The minimum atomic E-state index is 0.307. The molecule has 2 aromatic rings. The summed E-state index contributed by atoms with van der Waals surface area (Å²) in [5.74, 6) is 3.50. The fraction of sp³-hybridized carbons (Fsp3) is 0.429. The summed E-state index contributed by atoms with van der Waals surface area (Å²) < 4.78 is 10.8. The third-order valence-corrected chi connectivity index (χ3v) is 5.07. The van der Waals surface area contributed by atoms with Gasteiger partial charge >= 0.3 is 0 Å². The van der Waals surface area contributed by atoms with Crippen molar-refractivity contribution in [3.8, 4) is 11.5 Å². The molecular weight excluding hydrogens is 354 g/mol. The van der Waals surface area contributed by atoms with E-state index in [1.807, 2.05) is 18.3 Å². The summed E-state index contributed by atoms with van der Waals surface area (Å²) in [5, 5.41) is 6.69. The molecule has 28 heavy (non-hydrogen) atoms. The molecule has 1 aromatic heterocycles. The summed E-state index contributed by atoms with van der Waals surface area (Å²) >= 11 is 0. The van der Waals surface area contributed by atoms with Gasteiger partial charge in [0.05, 0.1) is 0 Å². The van der Waals surface area contributed by atoms with Crippen LogP contribution in [0.25, 0.3) is 0 Å². The first kappa shape index (κ1) is 18.4. The summed E-state index contributed by atoms with van der Waals surface area (Å²) in [7, 11) is 1.78. The number of aromatic nitrogens is 1. The zero-order valence-corrected chi connectivity index (χ0v) is 16.3. The quantitative estimate of drug-likeness (QED) is 0.591. The van der Waals surface area contributed by atoms with Gasteiger partial charge in [0.15, 0.2) is 17.5 Å². The highest BCUT2D eigenvalue weighted by atomic mass is 16.7. The van der Waals surface area contributed by atoms with Crippen LogP contribution < -0.4 is 25.0 Å². The predicted octanol–water partition coefficient (Wildman–Crippen LogP) is 2.32. The lowest BCUT2D eigenvalue weighted by atomic mass is 10.1. The van der Waals surface area contributed by atoms with Crippen LogP contribution in [0.5, 0.6) is 11.5 Å². The van der Waals surface area contributed by atoms with Gasteiger partial charge in [-0.2, -0.15) is 0 Å². The average molecular weight is 381 g/mol. The van der Waals surface area contributed by atoms with Gasteiger partial charge in [0.2, 0.25) is 6.79 Å². The summed E-state index contributed by atoms with van der Waals surface area (Å²) in [5.41, 5.74) is 2.34. The van der Waals surface area contributed by atoms with Crippen molar-refractivity contribution in [3.63, 3.8) is 0 Å². The number of anilines is 1. The van der Waals surface area contributed by atoms with Gasteiger partial charge in [0.1, 0.15) is 5.82 Å². The van der Waals surface area contributed by atoms with Crippen LogP contribution in [-0.2, 0) is 13.0 Å². The van der Waals surface area contributed by atoms with E-state index in [9.17, 15) is 0 Å². The molecule has 7 heteroatoms. The molecule has 1 aromatic carbocycles. The molecule has 2 aliphatic heterocycles. The Morgan fingerprint density at radius 1 is 1.07 bits per heavy atom. The Bertz CT molecular complexity index is 816. The fourth-order valence-electron chi connectivity index (χ4n) is 3.48. The Kier molecular flexibility index (Phi) is 5.80. The van der Waals surface area contributed by atoms with Gasteiger partial charge in [-0.15, -0.1) is 0 Å². The molecule has 1 saturated heterocycles. The normalized spacial score (nSPS) is 15.8. The minimum absolute atomic E-state index is 0.307. The third-order valence-electron chi connectivity index (χ3n) is 5.07. The highest BCUT2D eigenvalue weighted by Gasteiger charge is 2.14. The minimum Gasteiger partial charge on any atom is -0.454 e. The molecule has 0 saturated carbocycles. The fourth-order valence-corrected chi connectivity index (χ4v) is 3.48. The van der Waals surface area contributed by atoms with Crippen LogP contribution in [-0.4, -0.2) is 44.4 Å². The van der Waals surface area contributed by atoms with Crippen molar-refractivity contribution in [1.29, 1.82) is 0 Å². The van der Waals surface area contributed by atoms with Crippen molar-refractivity contribution >= 4 is 11.8 Å². The van der Waals surface area contributed by atoms with Crippen molar-refractivity contribution in [2.75, 3.05) is 38.4 Å². The van der Waals surface area contributed by atoms with E-state index in [2.05, 4.69) is 43.7 Å². The van der Waals surface area contributed by atoms with Crippen LogP contribution in [0.1, 0.15) is 24.0 Å². The molecule has 0 spiro atoms. The summed E-state index contributed by atoms with van der Waals surface area (Å²) in [4.78, 5) is 11.2. The van der Waals surface area contributed by atoms with Crippen LogP contribution in [0.4, 0.5) is 5.82 Å². The molecule has 0 unspecified atom stereocenters. The van der Waals surface area contributed by atoms with Gasteiger partial charge in [-0.3, -0.25) is 4.99 Å². The van der Waals surface area contributed by atoms with E-state index < -0.39 is 0 Å². The van der Waals surface area contributed by atoms with Crippen LogP contribution in [0.2, 0.25) is 0 Å². The number of benzene rings is 1. The topological polar surface area (TPSA) is 71.0 Å². The number of hydrogen-bond acceptors (Lipinski definition) is 5. The summed E-state index contributed by atoms with van der Waals surface area (Å²) in [6.07, 6.45) is 5.35. The first-order valence-electron chi connectivity index (χ1n) is 9.85. The van der Waals surface area contributed by atoms with Crippen LogP contribution >= 0.6 is 0 Å². The monoisotopic (exact) mass is 381 g/mol. The van der Waals surface area contributed by atoms with E-state index in [1.54, 1.807) is 7.05 Å².